The number of aromatic amines is 1. The summed E-state index contributed by atoms with van der Waals surface area (Å²) in [5, 5.41) is 19.0. The molecule has 0 unspecified atom stereocenters. The van der Waals surface area contributed by atoms with Crippen LogP contribution in [0.1, 0.15) is 5.56 Å². The number of hydrogen-bond acceptors (Lipinski definition) is 3. The lowest BCUT2D eigenvalue weighted by Crippen LogP contribution is -1.82. The van der Waals surface area contributed by atoms with Crippen LogP contribution in [0, 0.1) is 6.92 Å². The Morgan fingerprint density at radius 1 is 1.29 bits per heavy atom. The van der Waals surface area contributed by atoms with Gasteiger partial charge in [0.2, 0.25) is 0 Å². The van der Waals surface area contributed by atoms with Crippen LogP contribution in [-0.2, 0) is 0 Å². The monoisotopic (exact) mass is 190 g/mol. The second kappa shape index (κ2) is 3.06. The average molecular weight is 190 g/mol. The van der Waals surface area contributed by atoms with E-state index in [1.54, 1.807) is 12.3 Å². The molecule has 72 valence electrons. The summed E-state index contributed by atoms with van der Waals surface area (Å²) < 4.78 is 0. The molecule has 2 aromatic rings. The number of phenolic OH excluding ortho intramolecular Hbond substituents is 2. The van der Waals surface area contributed by atoms with Crippen LogP contribution in [0.4, 0.5) is 0 Å². The van der Waals surface area contributed by atoms with Crippen LogP contribution in [0.3, 0.4) is 0 Å². The maximum Gasteiger partial charge on any atom is 0.167 e. The van der Waals surface area contributed by atoms with E-state index >= 15 is 0 Å². The van der Waals surface area contributed by atoms with Crippen molar-refractivity contribution in [1.29, 1.82) is 0 Å². The summed E-state index contributed by atoms with van der Waals surface area (Å²) in [5.41, 5.74) is 2.12. The molecule has 0 fully saturated rings. The van der Waals surface area contributed by atoms with Crippen LogP contribution in [0.15, 0.2) is 24.7 Å². The molecular formula is C10H10N2O2. The quantitative estimate of drug-likeness (QED) is 0.600. The van der Waals surface area contributed by atoms with E-state index in [9.17, 15) is 10.2 Å². The Balaban J connectivity index is 2.64. The van der Waals surface area contributed by atoms with Crippen LogP contribution >= 0.6 is 0 Å². The fourth-order valence-corrected chi connectivity index (χ4v) is 1.37. The zero-order valence-corrected chi connectivity index (χ0v) is 7.65. The number of H-pyrrole nitrogens is 1. The molecule has 0 spiro atoms. The van der Waals surface area contributed by atoms with Crippen molar-refractivity contribution in [2.45, 2.75) is 6.92 Å². The lowest BCUT2D eigenvalue weighted by atomic mass is 10.1. The minimum absolute atomic E-state index is 0.116. The summed E-state index contributed by atoms with van der Waals surface area (Å²) in [6.07, 6.45) is 3.11. The average Bonchev–Trinajstić information content (AvgIpc) is 2.63. The van der Waals surface area contributed by atoms with Gasteiger partial charge in [-0.15, -0.1) is 0 Å². The first-order valence-electron chi connectivity index (χ1n) is 4.20. The third-order valence-electron chi connectivity index (χ3n) is 2.02. The lowest BCUT2D eigenvalue weighted by molar-refractivity contribution is 0.404. The van der Waals surface area contributed by atoms with Gasteiger partial charge < -0.3 is 15.2 Å². The molecule has 0 aliphatic rings. The minimum Gasteiger partial charge on any atom is -0.504 e. The zero-order chi connectivity index (χ0) is 10.1. The van der Waals surface area contributed by atoms with Crippen molar-refractivity contribution >= 4 is 0 Å². The summed E-state index contributed by atoms with van der Waals surface area (Å²) in [6, 6.07) is 3.29. The standard InChI is InChI=1S/C10H10N2O2/c1-6-2-7(8-4-11-5-12-8)10(14)9(13)3-6/h2-5,13-14H,1H3,(H,11,12). The molecule has 0 amide bonds. The number of phenols is 2. The highest BCUT2D eigenvalue weighted by Gasteiger charge is 2.10. The molecule has 0 bridgehead atoms. The van der Waals surface area contributed by atoms with Gasteiger partial charge in [-0.25, -0.2) is 4.98 Å². The molecule has 3 N–H and O–H groups in total. The van der Waals surface area contributed by atoms with Crippen molar-refractivity contribution < 1.29 is 10.2 Å². The number of hydrogen-bond donors (Lipinski definition) is 3. The van der Waals surface area contributed by atoms with Crippen LogP contribution < -0.4 is 0 Å². The Hall–Kier alpha value is -1.97. The minimum atomic E-state index is -0.125. The van der Waals surface area contributed by atoms with Gasteiger partial charge in [0.05, 0.1) is 18.2 Å². The second-order valence-corrected chi connectivity index (χ2v) is 3.15. The third kappa shape index (κ3) is 1.31. The van der Waals surface area contributed by atoms with Gasteiger partial charge in [0.15, 0.2) is 11.5 Å². The Kier molecular flexibility index (Phi) is 1.89. The third-order valence-corrected chi connectivity index (χ3v) is 2.02. The molecule has 14 heavy (non-hydrogen) atoms. The predicted octanol–water partition coefficient (Wildman–Crippen LogP) is 1.80. The Morgan fingerprint density at radius 2 is 2.07 bits per heavy atom. The Labute approximate surface area is 80.9 Å². The van der Waals surface area contributed by atoms with E-state index < -0.39 is 0 Å². The molecule has 2 rings (SSSR count). The Bertz CT molecular complexity index is 449. The zero-order valence-electron chi connectivity index (χ0n) is 7.65. The molecule has 1 aromatic carbocycles. The molecule has 0 saturated carbocycles. The summed E-state index contributed by atoms with van der Waals surface area (Å²) in [5.74, 6) is -0.241. The van der Waals surface area contributed by atoms with Crippen molar-refractivity contribution in [3.05, 3.63) is 30.2 Å². The normalized spacial score (nSPS) is 10.4. The lowest BCUT2D eigenvalue weighted by Gasteiger charge is -2.05. The van der Waals surface area contributed by atoms with Crippen molar-refractivity contribution in [3.63, 3.8) is 0 Å². The van der Waals surface area contributed by atoms with Gasteiger partial charge in [0.25, 0.3) is 0 Å². The molecule has 0 aliphatic heterocycles. The van der Waals surface area contributed by atoms with E-state index in [0.29, 0.717) is 11.3 Å². The van der Waals surface area contributed by atoms with Gasteiger partial charge in [-0.05, 0) is 24.6 Å². The van der Waals surface area contributed by atoms with Gasteiger partial charge in [-0.1, -0.05) is 0 Å². The predicted molar refractivity (Wildman–Crippen MR) is 52.1 cm³/mol. The molecule has 0 saturated heterocycles. The number of rotatable bonds is 1. The SMILES string of the molecule is Cc1cc(O)c(O)c(-c2cnc[nH]2)c1. The van der Waals surface area contributed by atoms with Gasteiger partial charge in [-0.2, -0.15) is 0 Å². The number of nitrogens with one attached hydrogen (secondary N) is 1. The topological polar surface area (TPSA) is 69.1 Å². The van der Waals surface area contributed by atoms with Crippen molar-refractivity contribution in [1.82, 2.24) is 9.97 Å². The second-order valence-electron chi connectivity index (χ2n) is 3.15. The molecular weight excluding hydrogens is 180 g/mol. The molecule has 1 aromatic heterocycles. The first-order valence-corrected chi connectivity index (χ1v) is 4.20. The van der Waals surface area contributed by atoms with E-state index in [2.05, 4.69) is 9.97 Å². The van der Waals surface area contributed by atoms with Crippen molar-refractivity contribution in [3.8, 4) is 22.8 Å². The van der Waals surface area contributed by atoms with Crippen LogP contribution in [0.2, 0.25) is 0 Å². The number of nitrogens with zero attached hydrogens (tertiary/aromatic N) is 1. The van der Waals surface area contributed by atoms with Crippen LogP contribution in [-0.4, -0.2) is 20.2 Å². The maximum atomic E-state index is 9.60. The number of aromatic nitrogens is 2. The fourth-order valence-electron chi connectivity index (χ4n) is 1.37. The number of imidazole rings is 1. The number of aryl methyl sites for hydroxylation is 1. The first kappa shape index (κ1) is 8.62. The maximum absolute atomic E-state index is 9.60. The van der Waals surface area contributed by atoms with E-state index in [4.69, 9.17) is 0 Å². The van der Waals surface area contributed by atoms with E-state index in [1.165, 1.54) is 12.4 Å². The highest BCUT2D eigenvalue weighted by molar-refractivity contribution is 5.70. The summed E-state index contributed by atoms with van der Waals surface area (Å²) in [4.78, 5) is 6.72. The van der Waals surface area contributed by atoms with Gasteiger partial charge in [0.1, 0.15) is 0 Å². The van der Waals surface area contributed by atoms with E-state index in [1.807, 2.05) is 6.92 Å². The van der Waals surface area contributed by atoms with Crippen molar-refractivity contribution in [2.24, 2.45) is 0 Å². The van der Waals surface area contributed by atoms with Gasteiger partial charge >= 0.3 is 0 Å². The fraction of sp³-hybridized carbons (Fsp3) is 0.100. The number of benzene rings is 1. The van der Waals surface area contributed by atoms with Crippen LogP contribution in [0.5, 0.6) is 11.5 Å². The highest BCUT2D eigenvalue weighted by atomic mass is 16.3. The summed E-state index contributed by atoms with van der Waals surface area (Å²) >= 11 is 0. The molecule has 4 heteroatoms. The molecule has 1 heterocycles. The summed E-state index contributed by atoms with van der Waals surface area (Å²) in [6.45, 7) is 1.85. The molecule has 4 nitrogen and oxygen atoms in total. The molecule has 0 radical (unpaired) electrons. The summed E-state index contributed by atoms with van der Waals surface area (Å²) in [7, 11) is 0. The van der Waals surface area contributed by atoms with E-state index in [0.717, 1.165) is 5.56 Å². The van der Waals surface area contributed by atoms with Gasteiger partial charge in [0, 0.05) is 5.56 Å². The first-order chi connectivity index (χ1) is 6.68. The van der Waals surface area contributed by atoms with Gasteiger partial charge in [-0.3, -0.25) is 0 Å². The number of aromatic hydroxyl groups is 2. The highest BCUT2D eigenvalue weighted by Crippen LogP contribution is 2.36. The smallest absolute Gasteiger partial charge is 0.167 e. The largest absolute Gasteiger partial charge is 0.504 e. The Morgan fingerprint density at radius 3 is 2.71 bits per heavy atom. The molecule has 0 atom stereocenters. The van der Waals surface area contributed by atoms with E-state index in [-0.39, 0.29) is 11.5 Å². The van der Waals surface area contributed by atoms with Crippen LogP contribution in [0.25, 0.3) is 11.3 Å². The molecule has 0 aliphatic carbocycles. The van der Waals surface area contributed by atoms with Crippen molar-refractivity contribution in [2.75, 3.05) is 0 Å².